The molecule has 0 heterocycles. The Hall–Kier alpha value is -2.83. The van der Waals surface area contributed by atoms with Crippen molar-refractivity contribution >= 4 is 23.7 Å². The summed E-state index contributed by atoms with van der Waals surface area (Å²) in [5, 5.41) is 5.08. The van der Waals surface area contributed by atoms with Crippen LogP contribution in [-0.4, -0.2) is 36.2 Å². The lowest BCUT2D eigenvalue weighted by Crippen LogP contribution is -2.35. The van der Waals surface area contributed by atoms with Crippen LogP contribution in [0.4, 0.5) is 10.5 Å². The average molecular weight is 348 g/mol. The molecule has 0 unspecified atom stereocenters. The number of amides is 2. The zero-order valence-electron chi connectivity index (χ0n) is 14.9. The highest BCUT2D eigenvalue weighted by Gasteiger charge is 2.19. The molecule has 0 spiro atoms. The van der Waals surface area contributed by atoms with Gasteiger partial charge in [0.15, 0.2) is 6.10 Å². The van der Waals surface area contributed by atoms with Gasteiger partial charge in [-0.05, 0) is 45.9 Å². The highest BCUT2D eigenvalue weighted by Crippen LogP contribution is 2.15. The standard InChI is InChI=1S/C18H24N2O5/c1-6-10-19-15(21)12(2)24-16(22)13-8-7-9-14(11-13)20-17(23)25-18(3,4)5/h6-9,11-12H,1,10H2,2-5H3,(H,19,21)(H,20,23)/t12-/m0/s1. The smallest absolute Gasteiger partial charge is 0.412 e. The van der Waals surface area contributed by atoms with E-state index in [9.17, 15) is 14.4 Å². The topological polar surface area (TPSA) is 93.7 Å². The predicted molar refractivity (Wildman–Crippen MR) is 94.4 cm³/mol. The Bertz CT molecular complexity index is 649. The minimum absolute atomic E-state index is 0.205. The molecular formula is C18H24N2O5. The average Bonchev–Trinajstić information content (AvgIpc) is 2.50. The van der Waals surface area contributed by atoms with Crippen molar-refractivity contribution < 1.29 is 23.9 Å². The molecule has 2 amide bonds. The van der Waals surface area contributed by atoms with Gasteiger partial charge in [-0.25, -0.2) is 9.59 Å². The molecule has 1 aromatic rings. The molecule has 0 aliphatic carbocycles. The second-order valence-corrected chi connectivity index (χ2v) is 6.29. The first kappa shape index (κ1) is 20.2. The molecule has 0 aliphatic heterocycles. The van der Waals surface area contributed by atoms with E-state index in [0.29, 0.717) is 5.69 Å². The third kappa shape index (κ3) is 7.52. The van der Waals surface area contributed by atoms with Gasteiger partial charge in [-0.1, -0.05) is 12.1 Å². The van der Waals surface area contributed by atoms with Gasteiger partial charge in [0, 0.05) is 12.2 Å². The lowest BCUT2D eigenvalue weighted by molar-refractivity contribution is -0.128. The molecule has 0 aliphatic rings. The van der Waals surface area contributed by atoms with Crippen LogP contribution in [0.2, 0.25) is 0 Å². The third-order valence-electron chi connectivity index (χ3n) is 2.82. The molecule has 2 N–H and O–H groups in total. The van der Waals surface area contributed by atoms with Gasteiger partial charge in [-0.15, -0.1) is 6.58 Å². The highest BCUT2D eigenvalue weighted by molar-refractivity contribution is 5.94. The summed E-state index contributed by atoms with van der Waals surface area (Å²) in [5.74, 6) is -1.09. The highest BCUT2D eigenvalue weighted by atomic mass is 16.6. The largest absolute Gasteiger partial charge is 0.449 e. The Balaban J connectivity index is 2.70. The van der Waals surface area contributed by atoms with Gasteiger partial charge in [-0.3, -0.25) is 10.1 Å². The van der Waals surface area contributed by atoms with Crippen LogP contribution < -0.4 is 10.6 Å². The maximum atomic E-state index is 12.1. The Morgan fingerprint density at radius 3 is 2.56 bits per heavy atom. The molecule has 1 atom stereocenters. The number of ether oxygens (including phenoxy) is 2. The van der Waals surface area contributed by atoms with E-state index in [1.807, 2.05) is 0 Å². The van der Waals surface area contributed by atoms with Crippen molar-refractivity contribution in [3.8, 4) is 0 Å². The summed E-state index contributed by atoms with van der Waals surface area (Å²) in [6.07, 6.45) is -0.0526. The Kier molecular flexibility index (Phi) is 7.17. The lowest BCUT2D eigenvalue weighted by Gasteiger charge is -2.19. The van der Waals surface area contributed by atoms with Crippen LogP contribution in [0.25, 0.3) is 0 Å². The Labute approximate surface area is 147 Å². The van der Waals surface area contributed by atoms with Gasteiger partial charge in [0.25, 0.3) is 5.91 Å². The minimum Gasteiger partial charge on any atom is -0.449 e. The van der Waals surface area contributed by atoms with E-state index in [0.717, 1.165) is 0 Å². The number of rotatable bonds is 6. The summed E-state index contributed by atoms with van der Waals surface area (Å²) in [6, 6.07) is 6.17. The zero-order valence-corrected chi connectivity index (χ0v) is 14.9. The summed E-state index contributed by atoms with van der Waals surface area (Å²) in [4.78, 5) is 35.6. The predicted octanol–water partition coefficient (Wildman–Crippen LogP) is 2.88. The van der Waals surface area contributed by atoms with E-state index in [1.165, 1.54) is 25.1 Å². The van der Waals surface area contributed by atoms with Crippen LogP contribution in [0.1, 0.15) is 38.1 Å². The fourth-order valence-corrected chi connectivity index (χ4v) is 1.74. The van der Waals surface area contributed by atoms with Crippen LogP contribution >= 0.6 is 0 Å². The van der Waals surface area contributed by atoms with E-state index in [-0.39, 0.29) is 12.1 Å². The van der Waals surface area contributed by atoms with Crippen molar-refractivity contribution in [3.63, 3.8) is 0 Å². The monoisotopic (exact) mass is 348 g/mol. The number of carbonyl (C=O) groups is 3. The second kappa shape index (κ2) is 8.86. The molecule has 7 heteroatoms. The van der Waals surface area contributed by atoms with Crippen LogP contribution in [0.5, 0.6) is 0 Å². The van der Waals surface area contributed by atoms with Gasteiger partial charge in [-0.2, -0.15) is 0 Å². The van der Waals surface area contributed by atoms with E-state index in [1.54, 1.807) is 32.9 Å². The van der Waals surface area contributed by atoms with Crippen molar-refractivity contribution in [2.75, 3.05) is 11.9 Å². The molecular weight excluding hydrogens is 324 g/mol. The molecule has 0 saturated carbocycles. The van der Waals surface area contributed by atoms with Crippen molar-refractivity contribution in [3.05, 3.63) is 42.5 Å². The number of carbonyl (C=O) groups excluding carboxylic acids is 3. The van der Waals surface area contributed by atoms with Crippen molar-refractivity contribution in [1.82, 2.24) is 5.32 Å². The molecule has 0 radical (unpaired) electrons. The number of esters is 1. The van der Waals surface area contributed by atoms with Gasteiger partial charge in [0.2, 0.25) is 0 Å². The number of anilines is 1. The Morgan fingerprint density at radius 2 is 1.96 bits per heavy atom. The van der Waals surface area contributed by atoms with E-state index < -0.39 is 29.7 Å². The van der Waals surface area contributed by atoms with Crippen molar-refractivity contribution in [2.45, 2.75) is 39.4 Å². The van der Waals surface area contributed by atoms with Gasteiger partial charge < -0.3 is 14.8 Å². The summed E-state index contributed by atoms with van der Waals surface area (Å²) in [6.45, 7) is 10.5. The van der Waals surface area contributed by atoms with Crippen LogP contribution in [0.15, 0.2) is 36.9 Å². The number of hydrogen-bond acceptors (Lipinski definition) is 5. The van der Waals surface area contributed by atoms with Crippen LogP contribution in [-0.2, 0) is 14.3 Å². The van der Waals surface area contributed by atoms with Crippen molar-refractivity contribution in [1.29, 1.82) is 0 Å². The second-order valence-electron chi connectivity index (χ2n) is 6.29. The first-order chi connectivity index (χ1) is 11.6. The number of nitrogens with one attached hydrogen (secondary N) is 2. The van der Waals surface area contributed by atoms with E-state index in [4.69, 9.17) is 9.47 Å². The quantitative estimate of drug-likeness (QED) is 0.609. The fourth-order valence-electron chi connectivity index (χ4n) is 1.74. The fraction of sp³-hybridized carbons (Fsp3) is 0.389. The van der Waals surface area contributed by atoms with E-state index in [2.05, 4.69) is 17.2 Å². The van der Waals surface area contributed by atoms with Crippen LogP contribution in [0.3, 0.4) is 0 Å². The molecule has 0 aromatic heterocycles. The summed E-state index contributed by atoms with van der Waals surface area (Å²) in [7, 11) is 0. The van der Waals surface area contributed by atoms with Gasteiger partial charge >= 0.3 is 12.1 Å². The maximum Gasteiger partial charge on any atom is 0.412 e. The molecule has 0 fully saturated rings. The van der Waals surface area contributed by atoms with Crippen LogP contribution in [0, 0.1) is 0 Å². The minimum atomic E-state index is -0.949. The lowest BCUT2D eigenvalue weighted by atomic mass is 10.2. The first-order valence-electron chi connectivity index (χ1n) is 7.82. The molecule has 7 nitrogen and oxygen atoms in total. The molecule has 0 saturated heterocycles. The molecule has 1 rings (SSSR count). The maximum absolute atomic E-state index is 12.1. The first-order valence-corrected chi connectivity index (χ1v) is 7.82. The Morgan fingerprint density at radius 1 is 1.28 bits per heavy atom. The van der Waals surface area contributed by atoms with Gasteiger partial charge in [0.05, 0.1) is 5.56 Å². The number of benzene rings is 1. The van der Waals surface area contributed by atoms with Gasteiger partial charge in [0.1, 0.15) is 5.60 Å². The summed E-state index contributed by atoms with van der Waals surface area (Å²) >= 11 is 0. The molecule has 1 aromatic carbocycles. The van der Waals surface area contributed by atoms with Crippen molar-refractivity contribution in [2.24, 2.45) is 0 Å². The normalized spacial score (nSPS) is 11.8. The number of hydrogen-bond donors (Lipinski definition) is 2. The molecule has 0 bridgehead atoms. The molecule has 25 heavy (non-hydrogen) atoms. The summed E-state index contributed by atoms with van der Waals surface area (Å²) in [5.41, 5.74) is -0.0427. The third-order valence-corrected chi connectivity index (χ3v) is 2.82. The SMILES string of the molecule is C=CCNC(=O)[C@H](C)OC(=O)c1cccc(NC(=O)OC(C)(C)C)c1. The summed E-state index contributed by atoms with van der Waals surface area (Å²) < 4.78 is 10.3. The molecule has 136 valence electrons. The van der Waals surface area contributed by atoms with E-state index >= 15 is 0 Å². The zero-order chi connectivity index (χ0) is 19.0.